The highest BCUT2D eigenvalue weighted by Crippen LogP contribution is 2.09. The highest BCUT2D eigenvalue weighted by atomic mass is 16.5. The second kappa shape index (κ2) is 11.6. The average Bonchev–Trinajstić information content (AvgIpc) is 2.68. The maximum absolute atomic E-state index is 5.04. The standard InChI is InChI=1S/C17H31N7O/c1-18-16(20-9-5-15-25-2)19-8-4-10-23-11-13-24(14-12-23)17-21-6-3-7-22-17/h3,6-7H,4-5,8-15H2,1-2H3,(H2,18,19,20). The summed E-state index contributed by atoms with van der Waals surface area (Å²) in [5, 5.41) is 6.65. The molecule has 0 radical (unpaired) electrons. The van der Waals surface area contributed by atoms with Crippen LogP contribution >= 0.6 is 0 Å². The van der Waals surface area contributed by atoms with Crippen LogP contribution in [-0.4, -0.2) is 87.4 Å². The van der Waals surface area contributed by atoms with E-state index in [1.54, 1.807) is 26.6 Å². The van der Waals surface area contributed by atoms with Crippen molar-refractivity contribution in [2.75, 3.05) is 71.5 Å². The van der Waals surface area contributed by atoms with E-state index in [4.69, 9.17) is 4.74 Å². The maximum atomic E-state index is 5.04. The van der Waals surface area contributed by atoms with Gasteiger partial charge in [-0.15, -0.1) is 0 Å². The van der Waals surface area contributed by atoms with Gasteiger partial charge in [-0.25, -0.2) is 9.97 Å². The molecule has 25 heavy (non-hydrogen) atoms. The smallest absolute Gasteiger partial charge is 0.225 e. The topological polar surface area (TPSA) is 77.9 Å². The number of hydrogen-bond acceptors (Lipinski definition) is 6. The third-order valence-electron chi connectivity index (χ3n) is 4.19. The van der Waals surface area contributed by atoms with Gasteiger partial charge in [-0.05, 0) is 25.5 Å². The van der Waals surface area contributed by atoms with Crippen molar-refractivity contribution in [3.63, 3.8) is 0 Å². The molecule has 0 spiro atoms. The fourth-order valence-electron chi connectivity index (χ4n) is 2.78. The Bertz CT molecular complexity index is 489. The average molecular weight is 349 g/mol. The molecular formula is C17H31N7O. The largest absolute Gasteiger partial charge is 0.385 e. The van der Waals surface area contributed by atoms with E-state index in [1.165, 1.54) is 0 Å². The molecule has 0 unspecified atom stereocenters. The van der Waals surface area contributed by atoms with E-state index in [-0.39, 0.29) is 0 Å². The summed E-state index contributed by atoms with van der Waals surface area (Å²) in [6.07, 6.45) is 5.68. The lowest BCUT2D eigenvalue weighted by Crippen LogP contribution is -2.47. The molecule has 1 aromatic rings. The van der Waals surface area contributed by atoms with Gasteiger partial charge in [0.05, 0.1) is 0 Å². The van der Waals surface area contributed by atoms with Crippen LogP contribution in [-0.2, 0) is 4.74 Å². The Hall–Kier alpha value is -1.93. The molecule has 2 heterocycles. The lowest BCUT2D eigenvalue weighted by molar-refractivity contribution is 0.195. The third-order valence-corrected chi connectivity index (χ3v) is 4.19. The van der Waals surface area contributed by atoms with E-state index in [2.05, 4.69) is 35.4 Å². The molecule has 0 amide bonds. The van der Waals surface area contributed by atoms with Crippen molar-refractivity contribution >= 4 is 11.9 Å². The lowest BCUT2D eigenvalue weighted by atomic mass is 10.3. The van der Waals surface area contributed by atoms with Crippen molar-refractivity contribution in [3.8, 4) is 0 Å². The van der Waals surface area contributed by atoms with Crippen LogP contribution in [0.15, 0.2) is 23.5 Å². The molecule has 1 aliphatic heterocycles. The zero-order valence-electron chi connectivity index (χ0n) is 15.4. The van der Waals surface area contributed by atoms with Crippen molar-refractivity contribution in [2.24, 2.45) is 4.99 Å². The summed E-state index contributed by atoms with van der Waals surface area (Å²) in [6, 6.07) is 1.85. The molecule has 0 bridgehead atoms. The van der Waals surface area contributed by atoms with Gasteiger partial charge >= 0.3 is 0 Å². The highest BCUT2D eigenvalue weighted by Gasteiger charge is 2.18. The van der Waals surface area contributed by atoms with Gasteiger partial charge in [0, 0.05) is 72.4 Å². The van der Waals surface area contributed by atoms with Crippen molar-refractivity contribution < 1.29 is 4.74 Å². The molecule has 0 saturated carbocycles. The first-order chi connectivity index (χ1) is 12.3. The number of anilines is 1. The van der Waals surface area contributed by atoms with Crippen molar-refractivity contribution in [1.29, 1.82) is 0 Å². The number of guanidine groups is 1. The van der Waals surface area contributed by atoms with Gasteiger partial charge in [-0.2, -0.15) is 0 Å². The van der Waals surface area contributed by atoms with Gasteiger partial charge < -0.3 is 20.3 Å². The van der Waals surface area contributed by atoms with E-state index >= 15 is 0 Å². The highest BCUT2D eigenvalue weighted by molar-refractivity contribution is 5.79. The SMILES string of the molecule is CN=C(NCCCOC)NCCCN1CCN(c2ncccn2)CC1. The van der Waals surface area contributed by atoms with Crippen LogP contribution in [0.1, 0.15) is 12.8 Å². The predicted molar refractivity (Wildman–Crippen MR) is 101 cm³/mol. The molecule has 1 aliphatic rings. The Morgan fingerprint density at radius 1 is 1.12 bits per heavy atom. The summed E-state index contributed by atoms with van der Waals surface area (Å²) in [6.45, 7) is 7.75. The van der Waals surface area contributed by atoms with Crippen LogP contribution in [0.3, 0.4) is 0 Å². The number of methoxy groups -OCH3 is 1. The maximum Gasteiger partial charge on any atom is 0.225 e. The Balaban J connectivity index is 1.55. The minimum Gasteiger partial charge on any atom is -0.385 e. The minimum absolute atomic E-state index is 0.768. The Morgan fingerprint density at radius 2 is 1.80 bits per heavy atom. The van der Waals surface area contributed by atoms with Crippen LogP contribution in [0, 0.1) is 0 Å². The Kier molecular flexibility index (Phi) is 9.00. The number of ether oxygens (including phenoxy) is 1. The molecular weight excluding hydrogens is 318 g/mol. The first-order valence-corrected chi connectivity index (χ1v) is 9.01. The molecule has 8 heteroatoms. The molecule has 1 saturated heterocycles. The zero-order valence-corrected chi connectivity index (χ0v) is 15.4. The van der Waals surface area contributed by atoms with Crippen molar-refractivity contribution in [2.45, 2.75) is 12.8 Å². The van der Waals surface area contributed by atoms with Crippen LogP contribution < -0.4 is 15.5 Å². The number of nitrogens with zero attached hydrogens (tertiary/aromatic N) is 5. The molecule has 0 atom stereocenters. The fraction of sp³-hybridized carbons (Fsp3) is 0.706. The van der Waals surface area contributed by atoms with E-state index in [0.29, 0.717) is 0 Å². The molecule has 1 fully saturated rings. The lowest BCUT2D eigenvalue weighted by Gasteiger charge is -2.34. The molecule has 8 nitrogen and oxygen atoms in total. The molecule has 1 aromatic heterocycles. The fourth-order valence-corrected chi connectivity index (χ4v) is 2.78. The number of aliphatic imine (C=N–C) groups is 1. The van der Waals surface area contributed by atoms with Crippen LogP contribution in [0.5, 0.6) is 0 Å². The number of piperazine rings is 1. The molecule has 0 aromatic carbocycles. The van der Waals surface area contributed by atoms with E-state index in [0.717, 1.165) is 77.2 Å². The molecule has 2 rings (SSSR count). The van der Waals surface area contributed by atoms with Gasteiger partial charge in [0.2, 0.25) is 5.95 Å². The second-order valence-corrected chi connectivity index (χ2v) is 6.00. The van der Waals surface area contributed by atoms with Gasteiger partial charge in [0.1, 0.15) is 0 Å². The van der Waals surface area contributed by atoms with Crippen LogP contribution in [0.25, 0.3) is 0 Å². The van der Waals surface area contributed by atoms with Gasteiger partial charge in [-0.1, -0.05) is 0 Å². The van der Waals surface area contributed by atoms with E-state index in [1.807, 2.05) is 6.07 Å². The van der Waals surface area contributed by atoms with Crippen LogP contribution in [0.2, 0.25) is 0 Å². The molecule has 2 N–H and O–H groups in total. The second-order valence-electron chi connectivity index (χ2n) is 6.00. The minimum atomic E-state index is 0.768. The number of aromatic nitrogens is 2. The van der Waals surface area contributed by atoms with E-state index in [9.17, 15) is 0 Å². The van der Waals surface area contributed by atoms with Crippen molar-refractivity contribution in [1.82, 2.24) is 25.5 Å². The van der Waals surface area contributed by atoms with Crippen molar-refractivity contribution in [3.05, 3.63) is 18.5 Å². The van der Waals surface area contributed by atoms with Gasteiger partial charge in [0.15, 0.2) is 5.96 Å². The first-order valence-electron chi connectivity index (χ1n) is 9.01. The summed E-state index contributed by atoms with van der Waals surface area (Å²) in [5.41, 5.74) is 0. The van der Waals surface area contributed by atoms with E-state index < -0.39 is 0 Å². The number of rotatable bonds is 9. The summed E-state index contributed by atoms with van der Waals surface area (Å²) < 4.78 is 5.04. The Labute approximate surface area is 150 Å². The summed E-state index contributed by atoms with van der Waals surface area (Å²) >= 11 is 0. The quantitative estimate of drug-likeness (QED) is 0.374. The third kappa shape index (κ3) is 7.23. The molecule has 140 valence electrons. The van der Waals surface area contributed by atoms with Crippen LogP contribution in [0.4, 0.5) is 5.95 Å². The monoisotopic (exact) mass is 349 g/mol. The zero-order chi connectivity index (χ0) is 17.7. The number of hydrogen-bond donors (Lipinski definition) is 2. The Morgan fingerprint density at radius 3 is 2.44 bits per heavy atom. The summed E-state index contributed by atoms with van der Waals surface area (Å²) in [5.74, 6) is 1.70. The van der Waals surface area contributed by atoms with Gasteiger partial charge in [-0.3, -0.25) is 9.89 Å². The first kappa shape index (κ1) is 19.4. The van der Waals surface area contributed by atoms with Gasteiger partial charge in [0.25, 0.3) is 0 Å². The molecule has 0 aliphatic carbocycles. The predicted octanol–water partition coefficient (Wildman–Crippen LogP) is 0.190. The summed E-state index contributed by atoms with van der Waals surface area (Å²) in [4.78, 5) is 17.6. The number of nitrogens with one attached hydrogen (secondary N) is 2. The summed E-state index contributed by atoms with van der Waals surface area (Å²) in [7, 11) is 3.52. The normalized spacial score (nSPS) is 16.1.